The maximum absolute atomic E-state index is 13.3. The van der Waals surface area contributed by atoms with Crippen LogP contribution in [-0.2, 0) is 9.53 Å². The fourth-order valence-electron chi connectivity index (χ4n) is 4.19. The number of aromatic nitrogens is 2. The third-order valence-electron chi connectivity index (χ3n) is 6.24. The first-order valence-electron chi connectivity index (χ1n) is 12.1. The van der Waals surface area contributed by atoms with Gasteiger partial charge in [-0.15, -0.1) is 10.2 Å². The van der Waals surface area contributed by atoms with Gasteiger partial charge >= 0.3 is 0 Å². The molecule has 1 aliphatic heterocycles. The number of rotatable bonds is 8. The molecule has 2 aromatic carbocycles. The summed E-state index contributed by atoms with van der Waals surface area (Å²) >= 11 is 6.28. The summed E-state index contributed by atoms with van der Waals surface area (Å²) in [5.41, 5.74) is 1.85. The van der Waals surface area contributed by atoms with Crippen LogP contribution in [0.5, 0.6) is 0 Å². The molecule has 2 heterocycles. The number of amides is 2. The molecule has 3 aromatic rings. The van der Waals surface area contributed by atoms with Gasteiger partial charge in [-0.05, 0) is 48.9 Å². The van der Waals surface area contributed by atoms with Crippen LogP contribution < -0.4 is 4.90 Å². The quantitative estimate of drug-likeness (QED) is 0.445. The molecule has 0 spiro atoms. The van der Waals surface area contributed by atoms with E-state index in [1.54, 1.807) is 4.90 Å². The zero-order valence-electron chi connectivity index (χ0n) is 20.6. The Morgan fingerprint density at radius 3 is 2.49 bits per heavy atom. The Morgan fingerprint density at radius 2 is 1.78 bits per heavy atom. The van der Waals surface area contributed by atoms with Crippen LogP contribution >= 0.6 is 11.6 Å². The zero-order chi connectivity index (χ0) is 26.2. The van der Waals surface area contributed by atoms with Crippen LogP contribution in [0.1, 0.15) is 16.8 Å². The lowest BCUT2D eigenvalue weighted by Crippen LogP contribution is -2.45. The number of halogens is 2. The SMILES string of the molecule is COCCN(CC(=O)N1CCCN(c2ccc(-c3ccccc3Cl)nn2)CC1)C(=O)c1ccc(F)cc1. The molecule has 194 valence electrons. The van der Waals surface area contributed by atoms with Gasteiger partial charge in [0.1, 0.15) is 12.4 Å². The smallest absolute Gasteiger partial charge is 0.254 e. The van der Waals surface area contributed by atoms with E-state index in [1.807, 2.05) is 36.4 Å². The number of ether oxygens (including phenoxy) is 1. The molecule has 0 radical (unpaired) electrons. The van der Waals surface area contributed by atoms with Crippen LogP contribution in [0.4, 0.5) is 10.2 Å². The molecule has 1 aliphatic rings. The summed E-state index contributed by atoms with van der Waals surface area (Å²) in [6, 6.07) is 16.6. The molecule has 0 unspecified atom stereocenters. The van der Waals surface area contributed by atoms with Gasteiger partial charge in [0, 0.05) is 51.0 Å². The van der Waals surface area contributed by atoms with Gasteiger partial charge in [-0.2, -0.15) is 0 Å². The summed E-state index contributed by atoms with van der Waals surface area (Å²) in [6.45, 7) is 2.86. The van der Waals surface area contributed by atoms with Crippen molar-refractivity contribution >= 4 is 29.2 Å². The zero-order valence-corrected chi connectivity index (χ0v) is 21.4. The van der Waals surface area contributed by atoms with Crippen molar-refractivity contribution < 1.29 is 18.7 Å². The van der Waals surface area contributed by atoms with Gasteiger partial charge in [0.25, 0.3) is 5.91 Å². The minimum atomic E-state index is -0.423. The van der Waals surface area contributed by atoms with Crippen LogP contribution in [0.15, 0.2) is 60.7 Å². The number of carbonyl (C=O) groups is 2. The van der Waals surface area contributed by atoms with Gasteiger partial charge < -0.3 is 19.4 Å². The predicted octanol–water partition coefficient (Wildman–Crippen LogP) is 3.76. The minimum Gasteiger partial charge on any atom is -0.383 e. The Bertz CT molecular complexity index is 1210. The van der Waals surface area contributed by atoms with Gasteiger partial charge in [0.2, 0.25) is 5.91 Å². The van der Waals surface area contributed by atoms with Crippen molar-refractivity contribution in [1.82, 2.24) is 20.0 Å². The molecule has 1 aromatic heterocycles. The van der Waals surface area contributed by atoms with E-state index in [0.29, 0.717) is 35.9 Å². The second kappa shape index (κ2) is 12.6. The molecule has 0 aliphatic carbocycles. The average Bonchev–Trinajstić information content (AvgIpc) is 3.18. The highest BCUT2D eigenvalue weighted by atomic mass is 35.5. The first-order valence-corrected chi connectivity index (χ1v) is 12.5. The minimum absolute atomic E-state index is 0.0775. The second-order valence-corrected chi connectivity index (χ2v) is 9.11. The van der Waals surface area contributed by atoms with E-state index >= 15 is 0 Å². The topological polar surface area (TPSA) is 78.9 Å². The first kappa shape index (κ1) is 26.5. The number of benzene rings is 2. The summed E-state index contributed by atoms with van der Waals surface area (Å²) in [6.07, 6.45) is 0.754. The molecule has 0 bridgehead atoms. The van der Waals surface area contributed by atoms with E-state index in [-0.39, 0.29) is 31.5 Å². The van der Waals surface area contributed by atoms with E-state index in [0.717, 1.165) is 24.3 Å². The average molecular weight is 526 g/mol. The first-order chi connectivity index (χ1) is 18.0. The number of carbonyl (C=O) groups excluding carboxylic acids is 2. The monoisotopic (exact) mass is 525 g/mol. The Labute approximate surface area is 220 Å². The van der Waals surface area contributed by atoms with E-state index in [2.05, 4.69) is 15.1 Å². The Balaban J connectivity index is 1.38. The molecule has 37 heavy (non-hydrogen) atoms. The van der Waals surface area contributed by atoms with Crippen molar-refractivity contribution in [1.29, 1.82) is 0 Å². The molecule has 10 heteroatoms. The molecule has 4 rings (SSSR count). The van der Waals surface area contributed by atoms with Crippen LogP contribution in [0.25, 0.3) is 11.3 Å². The molecule has 1 saturated heterocycles. The van der Waals surface area contributed by atoms with Crippen molar-refractivity contribution in [2.24, 2.45) is 0 Å². The van der Waals surface area contributed by atoms with E-state index in [4.69, 9.17) is 16.3 Å². The molecule has 0 saturated carbocycles. The number of nitrogens with zero attached hydrogens (tertiary/aromatic N) is 5. The molecule has 0 atom stereocenters. The normalized spacial score (nSPS) is 13.8. The maximum Gasteiger partial charge on any atom is 0.254 e. The molecule has 8 nitrogen and oxygen atoms in total. The number of hydrogen-bond donors (Lipinski definition) is 0. The Hall–Kier alpha value is -3.56. The highest BCUT2D eigenvalue weighted by molar-refractivity contribution is 6.33. The summed E-state index contributed by atoms with van der Waals surface area (Å²) in [7, 11) is 1.54. The molecule has 1 fully saturated rings. The Morgan fingerprint density at radius 1 is 1.00 bits per heavy atom. The van der Waals surface area contributed by atoms with Crippen LogP contribution in [0.3, 0.4) is 0 Å². The summed E-state index contributed by atoms with van der Waals surface area (Å²) in [4.78, 5) is 31.5. The van der Waals surface area contributed by atoms with Gasteiger partial charge in [-0.3, -0.25) is 9.59 Å². The summed E-state index contributed by atoms with van der Waals surface area (Å²) in [5, 5.41) is 9.37. The molecular weight excluding hydrogens is 497 g/mol. The van der Waals surface area contributed by atoms with Crippen molar-refractivity contribution in [3.05, 3.63) is 77.1 Å². The largest absolute Gasteiger partial charge is 0.383 e. The van der Waals surface area contributed by atoms with Gasteiger partial charge in [-0.25, -0.2) is 4.39 Å². The van der Waals surface area contributed by atoms with Gasteiger partial charge in [-0.1, -0.05) is 29.8 Å². The highest BCUT2D eigenvalue weighted by Crippen LogP contribution is 2.26. The van der Waals surface area contributed by atoms with E-state index < -0.39 is 5.82 Å². The van der Waals surface area contributed by atoms with Crippen molar-refractivity contribution in [3.8, 4) is 11.3 Å². The van der Waals surface area contributed by atoms with E-state index in [1.165, 1.54) is 36.3 Å². The summed E-state index contributed by atoms with van der Waals surface area (Å²) in [5.74, 6) is -0.170. The lowest BCUT2D eigenvalue weighted by Gasteiger charge is -2.27. The fourth-order valence-corrected chi connectivity index (χ4v) is 4.43. The molecule has 2 amide bonds. The highest BCUT2D eigenvalue weighted by Gasteiger charge is 2.25. The van der Waals surface area contributed by atoms with Crippen molar-refractivity contribution in [2.45, 2.75) is 6.42 Å². The van der Waals surface area contributed by atoms with E-state index in [9.17, 15) is 14.0 Å². The number of methoxy groups -OCH3 is 1. The van der Waals surface area contributed by atoms with Crippen LogP contribution in [0, 0.1) is 5.82 Å². The van der Waals surface area contributed by atoms with Crippen LogP contribution in [0.2, 0.25) is 5.02 Å². The maximum atomic E-state index is 13.3. The molecule has 0 N–H and O–H groups in total. The third kappa shape index (κ3) is 6.81. The standard InChI is InChI=1S/C27H29ClFN5O3/c1-37-18-17-34(27(36)20-7-9-21(29)10-8-20)19-26(35)33-14-4-13-32(15-16-33)25-12-11-24(30-31-25)22-5-2-3-6-23(22)28/h2-3,5-12H,4,13-19H2,1H3. The number of anilines is 1. The molecular formula is C27H29ClFN5O3. The third-order valence-corrected chi connectivity index (χ3v) is 6.57. The fraction of sp³-hybridized carbons (Fsp3) is 0.333. The Kier molecular flexibility index (Phi) is 9.03. The van der Waals surface area contributed by atoms with Crippen LogP contribution in [-0.4, -0.2) is 84.8 Å². The lowest BCUT2D eigenvalue weighted by molar-refractivity contribution is -0.131. The van der Waals surface area contributed by atoms with Gasteiger partial charge in [0.05, 0.1) is 17.3 Å². The summed E-state index contributed by atoms with van der Waals surface area (Å²) < 4.78 is 18.4. The van der Waals surface area contributed by atoms with Gasteiger partial charge in [0.15, 0.2) is 5.82 Å². The number of hydrogen-bond acceptors (Lipinski definition) is 6. The second-order valence-electron chi connectivity index (χ2n) is 8.70. The van der Waals surface area contributed by atoms with Crippen molar-refractivity contribution in [3.63, 3.8) is 0 Å². The lowest BCUT2D eigenvalue weighted by atomic mass is 10.1. The van der Waals surface area contributed by atoms with Crippen molar-refractivity contribution in [2.75, 3.05) is 57.9 Å². The predicted molar refractivity (Wildman–Crippen MR) is 140 cm³/mol.